The predicted octanol–water partition coefficient (Wildman–Crippen LogP) is 6.84. The van der Waals surface area contributed by atoms with E-state index in [0.717, 1.165) is 17.7 Å². The monoisotopic (exact) mass is 436 g/mol. The summed E-state index contributed by atoms with van der Waals surface area (Å²) in [4.78, 5) is 4.66. The van der Waals surface area contributed by atoms with Crippen LogP contribution in [0.3, 0.4) is 0 Å². The molecule has 3 aromatic rings. The third-order valence-corrected chi connectivity index (χ3v) is 6.43. The van der Waals surface area contributed by atoms with Crippen LogP contribution in [-0.4, -0.2) is 19.9 Å². The minimum absolute atomic E-state index is 0.297. The Morgan fingerprint density at radius 3 is 2.73 bits per heavy atom. The number of methoxy groups -OCH3 is 1. The molecule has 1 heterocycles. The molecule has 3 atom stereocenters. The fourth-order valence-corrected chi connectivity index (χ4v) is 4.82. The zero-order chi connectivity index (χ0) is 22.6. The molecule has 5 rings (SSSR count). The van der Waals surface area contributed by atoms with E-state index in [9.17, 15) is 0 Å². The van der Waals surface area contributed by atoms with Gasteiger partial charge in [0.25, 0.3) is 0 Å². The first-order chi connectivity index (χ1) is 16.3. The molecule has 0 saturated carbocycles. The highest BCUT2D eigenvalue weighted by atomic mass is 16.5. The Balaban J connectivity index is 1.32. The van der Waals surface area contributed by atoms with Gasteiger partial charge in [-0.05, 0) is 65.4 Å². The van der Waals surface area contributed by atoms with E-state index in [0.29, 0.717) is 36.0 Å². The fourth-order valence-electron chi connectivity index (χ4n) is 4.82. The Kier molecular flexibility index (Phi) is 5.99. The maximum atomic E-state index is 5.62. The fraction of sp³-hybridized carbons (Fsp3) is 0.207. The normalized spacial score (nSPS) is 20.7. The lowest BCUT2D eigenvalue weighted by molar-refractivity contribution is 0.326. The van der Waals surface area contributed by atoms with E-state index >= 15 is 0 Å². The summed E-state index contributed by atoms with van der Waals surface area (Å²) in [6.07, 6.45) is 9.36. The van der Waals surface area contributed by atoms with Crippen molar-refractivity contribution in [2.45, 2.75) is 18.4 Å². The molecule has 0 unspecified atom stereocenters. The summed E-state index contributed by atoms with van der Waals surface area (Å²) < 4.78 is 11.1. The maximum Gasteiger partial charge on any atom is 0.161 e. The molecule has 0 fully saturated rings. The molecule has 166 valence electrons. The Bertz CT molecular complexity index is 1200. The Morgan fingerprint density at radius 1 is 1.06 bits per heavy atom. The molecule has 3 aromatic carbocycles. The average molecular weight is 437 g/mol. The summed E-state index contributed by atoms with van der Waals surface area (Å²) in [5.41, 5.74) is 5.82. The van der Waals surface area contributed by atoms with Crippen LogP contribution in [0.25, 0.3) is 0 Å². The van der Waals surface area contributed by atoms with E-state index in [2.05, 4.69) is 77.6 Å². The van der Waals surface area contributed by atoms with Crippen molar-refractivity contribution in [1.29, 1.82) is 0 Å². The zero-order valence-corrected chi connectivity index (χ0v) is 18.8. The predicted molar refractivity (Wildman–Crippen MR) is 135 cm³/mol. The number of nitrogens with zero attached hydrogens (tertiary/aromatic N) is 1. The molecular formula is C29H28N2O2. The van der Waals surface area contributed by atoms with Gasteiger partial charge in [-0.15, -0.1) is 0 Å². The highest BCUT2D eigenvalue weighted by Crippen LogP contribution is 2.49. The van der Waals surface area contributed by atoms with Crippen LogP contribution in [0.2, 0.25) is 0 Å². The average Bonchev–Trinajstić information content (AvgIpc) is 3.37. The van der Waals surface area contributed by atoms with Crippen molar-refractivity contribution in [3.8, 4) is 11.5 Å². The van der Waals surface area contributed by atoms with Gasteiger partial charge in [-0.3, -0.25) is 4.99 Å². The summed E-state index contributed by atoms with van der Waals surface area (Å²) >= 11 is 0. The molecule has 0 amide bonds. The molecule has 1 aliphatic heterocycles. The lowest BCUT2D eigenvalue weighted by Gasteiger charge is -2.37. The number of benzene rings is 3. The van der Waals surface area contributed by atoms with E-state index in [1.54, 1.807) is 13.2 Å². The van der Waals surface area contributed by atoms with Crippen molar-refractivity contribution in [3.05, 3.63) is 108 Å². The zero-order valence-electron chi connectivity index (χ0n) is 18.8. The van der Waals surface area contributed by atoms with E-state index < -0.39 is 0 Å². The van der Waals surface area contributed by atoms with Crippen LogP contribution in [0, 0.1) is 5.92 Å². The molecule has 0 saturated heterocycles. The Hall–Kier alpha value is -3.79. The van der Waals surface area contributed by atoms with Crippen molar-refractivity contribution < 1.29 is 9.47 Å². The molecular weight excluding hydrogens is 408 g/mol. The summed E-state index contributed by atoms with van der Waals surface area (Å²) in [5.74, 6) is 2.40. The molecule has 4 heteroatoms. The molecule has 1 aliphatic carbocycles. The number of nitrogens with one attached hydrogen (secondary N) is 1. The summed E-state index contributed by atoms with van der Waals surface area (Å²) in [7, 11) is 1.64. The van der Waals surface area contributed by atoms with Gasteiger partial charge in [0.1, 0.15) is 6.61 Å². The van der Waals surface area contributed by atoms with Crippen LogP contribution >= 0.6 is 0 Å². The molecule has 2 aliphatic rings. The lowest BCUT2D eigenvalue weighted by atomic mass is 9.77. The summed E-state index contributed by atoms with van der Waals surface area (Å²) in [5, 5.41) is 3.78. The number of ether oxygens (including phenoxy) is 2. The number of hydrogen-bond acceptors (Lipinski definition) is 4. The Labute approximate surface area is 195 Å². The first-order valence-corrected chi connectivity index (χ1v) is 11.3. The van der Waals surface area contributed by atoms with Gasteiger partial charge in [0.05, 0.1) is 18.8 Å². The maximum absolute atomic E-state index is 5.62. The van der Waals surface area contributed by atoms with Crippen molar-refractivity contribution in [3.63, 3.8) is 0 Å². The lowest BCUT2D eigenvalue weighted by Crippen LogP contribution is -2.28. The Morgan fingerprint density at radius 2 is 1.91 bits per heavy atom. The topological polar surface area (TPSA) is 42.8 Å². The number of anilines is 1. The molecule has 0 spiro atoms. The molecule has 4 nitrogen and oxygen atoms in total. The van der Waals surface area contributed by atoms with Gasteiger partial charge < -0.3 is 14.8 Å². The van der Waals surface area contributed by atoms with Crippen LogP contribution in [0.15, 0.2) is 96.5 Å². The van der Waals surface area contributed by atoms with E-state index in [1.807, 2.05) is 24.4 Å². The van der Waals surface area contributed by atoms with Gasteiger partial charge in [0.2, 0.25) is 0 Å². The molecule has 0 bridgehead atoms. The quantitative estimate of drug-likeness (QED) is 0.326. The minimum Gasteiger partial charge on any atom is -0.493 e. The summed E-state index contributed by atoms with van der Waals surface area (Å²) in [6.45, 7) is 4.12. The number of allylic oxidation sites excluding steroid dienone is 2. The molecule has 1 N–H and O–H groups in total. The van der Waals surface area contributed by atoms with E-state index in [4.69, 9.17) is 9.47 Å². The highest BCUT2D eigenvalue weighted by Gasteiger charge is 2.37. The number of hydrogen-bond donors (Lipinski definition) is 1. The second-order valence-electron chi connectivity index (χ2n) is 8.42. The third-order valence-electron chi connectivity index (χ3n) is 6.43. The second-order valence-corrected chi connectivity index (χ2v) is 8.42. The standard InChI is InChI=1S/C29H28N2O2/c1-3-17-33-27-16-11-20(18-28(27)32-2)19-30-22-14-12-21(13-15-22)29-25-9-6-8-23(25)24-7-4-5-10-26(24)31-29/h3-8,10-16,18-19,23,25,29,31H,1,9,17H2,2H3/t23-,25+,29-/m0/s1. The van der Waals surface area contributed by atoms with Gasteiger partial charge in [-0.25, -0.2) is 0 Å². The highest BCUT2D eigenvalue weighted by molar-refractivity contribution is 5.83. The SMILES string of the molecule is C=CCOc1ccc(C=Nc2ccc([C@@H]3Nc4ccccc4[C@@H]4C=CC[C@H]43)cc2)cc1OC. The second kappa shape index (κ2) is 9.37. The molecule has 0 radical (unpaired) electrons. The number of fused-ring (bicyclic) bond motifs is 3. The van der Waals surface area contributed by atoms with E-state index in [-0.39, 0.29) is 0 Å². The first kappa shape index (κ1) is 21.1. The van der Waals surface area contributed by atoms with E-state index in [1.165, 1.54) is 16.8 Å². The van der Waals surface area contributed by atoms with Gasteiger partial charge in [0, 0.05) is 17.8 Å². The van der Waals surface area contributed by atoms with Crippen molar-refractivity contribution in [2.24, 2.45) is 10.9 Å². The van der Waals surface area contributed by atoms with Crippen LogP contribution < -0.4 is 14.8 Å². The van der Waals surface area contributed by atoms with Crippen LogP contribution in [0.5, 0.6) is 11.5 Å². The van der Waals surface area contributed by atoms with Crippen molar-refractivity contribution in [1.82, 2.24) is 0 Å². The molecule has 33 heavy (non-hydrogen) atoms. The van der Waals surface area contributed by atoms with Crippen molar-refractivity contribution in [2.75, 3.05) is 19.0 Å². The van der Waals surface area contributed by atoms with Crippen LogP contribution in [0.1, 0.15) is 35.1 Å². The number of aliphatic imine (C=N–C) groups is 1. The first-order valence-electron chi connectivity index (χ1n) is 11.3. The van der Waals surface area contributed by atoms with Crippen LogP contribution in [0.4, 0.5) is 11.4 Å². The number of rotatable bonds is 7. The van der Waals surface area contributed by atoms with Gasteiger partial charge in [-0.2, -0.15) is 0 Å². The van der Waals surface area contributed by atoms with Gasteiger partial charge in [-0.1, -0.05) is 55.1 Å². The minimum atomic E-state index is 0.297. The summed E-state index contributed by atoms with van der Waals surface area (Å²) in [6, 6.07) is 23.3. The van der Waals surface area contributed by atoms with Gasteiger partial charge >= 0.3 is 0 Å². The van der Waals surface area contributed by atoms with Crippen LogP contribution in [-0.2, 0) is 0 Å². The smallest absolute Gasteiger partial charge is 0.161 e. The van der Waals surface area contributed by atoms with Gasteiger partial charge in [0.15, 0.2) is 11.5 Å². The number of para-hydroxylation sites is 1. The van der Waals surface area contributed by atoms with Crippen molar-refractivity contribution >= 4 is 17.6 Å². The molecule has 0 aromatic heterocycles. The third kappa shape index (κ3) is 4.29. The largest absolute Gasteiger partial charge is 0.493 e.